The van der Waals surface area contributed by atoms with E-state index in [4.69, 9.17) is 25.5 Å². The average Bonchev–Trinajstić information content (AvgIpc) is 3.51. The highest BCUT2D eigenvalue weighted by Gasteiger charge is 2.33. The van der Waals surface area contributed by atoms with E-state index in [0.717, 1.165) is 5.56 Å². The quantitative estimate of drug-likeness (QED) is 0.348. The Hall–Kier alpha value is -4.21. The number of carbonyl (C=O) groups is 2. The number of halogens is 1. The lowest BCUT2D eigenvalue weighted by Crippen LogP contribution is -2.39. The van der Waals surface area contributed by atoms with E-state index in [0.29, 0.717) is 42.7 Å². The van der Waals surface area contributed by atoms with Crippen molar-refractivity contribution >= 4 is 41.0 Å². The third kappa shape index (κ3) is 4.51. The molecule has 0 aliphatic carbocycles. The molecule has 2 aromatic heterocycles. The normalized spacial score (nSPS) is 15.2. The smallest absolute Gasteiger partial charge is 0.338 e. The predicted octanol–water partition coefficient (Wildman–Crippen LogP) is 4.11. The van der Waals surface area contributed by atoms with Crippen molar-refractivity contribution in [2.75, 3.05) is 14.2 Å². The van der Waals surface area contributed by atoms with Gasteiger partial charge in [-0.15, -0.1) is 0 Å². The standard InChI is InChI=1S/C28H21ClN2O6S/c1-15-23(27(34)36-3)24(16-8-10-17(11-9-16)26(33)35-2)31-25(32)22(38-28(31)30-15)14-18-12-13-21(37-18)19-6-4-5-7-20(19)29/h4-14,24H,1-3H3/b22-14+/t24-/m0/s1. The molecule has 3 heterocycles. The summed E-state index contributed by atoms with van der Waals surface area (Å²) in [6.07, 6.45) is 1.64. The van der Waals surface area contributed by atoms with Crippen LogP contribution in [0.4, 0.5) is 0 Å². The molecule has 0 N–H and O–H groups in total. The van der Waals surface area contributed by atoms with E-state index >= 15 is 0 Å². The van der Waals surface area contributed by atoms with E-state index in [1.807, 2.05) is 18.2 Å². The van der Waals surface area contributed by atoms with Crippen LogP contribution in [0.2, 0.25) is 5.02 Å². The van der Waals surface area contributed by atoms with Crippen molar-refractivity contribution < 1.29 is 23.5 Å². The van der Waals surface area contributed by atoms with Gasteiger partial charge in [-0.05, 0) is 48.9 Å². The highest BCUT2D eigenvalue weighted by molar-refractivity contribution is 7.07. The van der Waals surface area contributed by atoms with Gasteiger partial charge in [-0.3, -0.25) is 9.36 Å². The Morgan fingerprint density at radius 3 is 2.42 bits per heavy atom. The van der Waals surface area contributed by atoms with Crippen LogP contribution in [-0.4, -0.2) is 30.7 Å². The number of esters is 2. The van der Waals surface area contributed by atoms with Crippen molar-refractivity contribution in [2.24, 2.45) is 4.99 Å². The van der Waals surface area contributed by atoms with E-state index in [1.54, 1.807) is 55.5 Å². The number of benzene rings is 2. The maximum absolute atomic E-state index is 13.7. The van der Waals surface area contributed by atoms with Gasteiger partial charge in [0.2, 0.25) is 0 Å². The summed E-state index contributed by atoms with van der Waals surface area (Å²) in [5, 5.41) is 0.553. The van der Waals surface area contributed by atoms with Crippen molar-refractivity contribution in [1.82, 2.24) is 4.57 Å². The van der Waals surface area contributed by atoms with Gasteiger partial charge in [0.15, 0.2) is 4.80 Å². The van der Waals surface area contributed by atoms with E-state index < -0.39 is 18.0 Å². The first-order valence-corrected chi connectivity index (χ1v) is 12.7. The molecule has 1 aliphatic rings. The number of thiazole rings is 1. The highest BCUT2D eigenvalue weighted by atomic mass is 35.5. The number of hydrogen-bond acceptors (Lipinski definition) is 8. The summed E-state index contributed by atoms with van der Waals surface area (Å²) in [5.41, 5.74) is 2.02. The molecule has 0 saturated heterocycles. The topological polar surface area (TPSA) is 100 Å². The zero-order valence-electron chi connectivity index (χ0n) is 20.6. The van der Waals surface area contributed by atoms with Gasteiger partial charge in [-0.1, -0.05) is 47.2 Å². The van der Waals surface area contributed by atoms with Crippen molar-refractivity contribution in [3.05, 3.63) is 114 Å². The zero-order valence-corrected chi connectivity index (χ0v) is 22.1. The van der Waals surface area contributed by atoms with Crippen LogP contribution in [0.5, 0.6) is 0 Å². The van der Waals surface area contributed by atoms with E-state index in [-0.39, 0.29) is 11.1 Å². The fraction of sp³-hybridized carbons (Fsp3) is 0.143. The molecule has 10 heteroatoms. The number of aromatic nitrogens is 1. The average molecular weight is 549 g/mol. The summed E-state index contributed by atoms with van der Waals surface area (Å²) in [6, 6.07) is 16.6. The molecule has 192 valence electrons. The SMILES string of the molecule is COC(=O)C1=C(C)N=c2s/c(=C/c3ccc(-c4ccccc4Cl)o3)c(=O)n2[C@H]1c1ccc(C(=O)OC)cc1. The molecule has 1 aliphatic heterocycles. The Morgan fingerprint density at radius 2 is 1.74 bits per heavy atom. The minimum Gasteiger partial charge on any atom is -0.466 e. The number of fused-ring (bicyclic) bond motifs is 1. The molecule has 4 aromatic rings. The molecule has 0 bridgehead atoms. The van der Waals surface area contributed by atoms with Crippen molar-refractivity contribution in [3.8, 4) is 11.3 Å². The number of hydrogen-bond donors (Lipinski definition) is 0. The fourth-order valence-electron chi connectivity index (χ4n) is 4.29. The molecule has 1 atom stereocenters. The maximum Gasteiger partial charge on any atom is 0.338 e. The Balaban J connectivity index is 1.63. The fourth-order valence-corrected chi connectivity index (χ4v) is 5.55. The second-order valence-electron chi connectivity index (χ2n) is 8.37. The van der Waals surface area contributed by atoms with Crippen LogP contribution in [0.25, 0.3) is 17.4 Å². The second-order valence-corrected chi connectivity index (χ2v) is 9.79. The van der Waals surface area contributed by atoms with E-state index in [1.165, 1.54) is 30.1 Å². The van der Waals surface area contributed by atoms with Gasteiger partial charge in [0.05, 0.1) is 46.7 Å². The summed E-state index contributed by atoms with van der Waals surface area (Å²) >= 11 is 7.48. The van der Waals surface area contributed by atoms with Crippen LogP contribution in [0.15, 0.2) is 86.1 Å². The number of furan rings is 1. The lowest BCUT2D eigenvalue weighted by atomic mass is 9.95. The molecule has 0 fully saturated rings. The van der Waals surface area contributed by atoms with Crippen LogP contribution in [0, 0.1) is 0 Å². The van der Waals surface area contributed by atoms with Gasteiger partial charge in [0, 0.05) is 11.6 Å². The van der Waals surface area contributed by atoms with E-state index in [9.17, 15) is 14.4 Å². The van der Waals surface area contributed by atoms with Crippen molar-refractivity contribution in [1.29, 1.82) is 0 Å². The number of methoxy groups -OCH3 is 2. The first-order chi connectivity index (χ1) is 18.3. The van der Waals surface area contributed by atoms with Gasteiger partial charge in [0.25, 0.3) is 5.56 Å². The predicted molar refractivity (Wildman–Crippen MR) is 143 cm³/mol. The summed E-state index contributed by atoms with van der Waals surface area (Å²) in [4.78, 5) is 43.4. The summed E-state index contributed by atoms with van der Waals surface area (Å²) < 4.78 is 17.6. The molecule has 0 amide bonds. The number of nitrogens with zero attached hydrogens (tertiary/aromatic N) is 2. The number of allylic oxidation sites excluding steroid dienone is 1. The summed E-state index contributed by atoms with van der Waals surface area (Å²) in [5.74, 6) is -0.0527. The minimum atomic E-state index is -0.803. The van der Waals surface area contributed by atoms with Gasteiger partial charge < -0.3 is 13.9 Å². The highest BCUT2D eigenvalue weighted by Crippen LogP contribution is 2.31. The minimum absolute atomic E-state index is 0.233. The van der Waals surface area contributed by atoms with E-state index in [2.05, 4.69) is 4.99 Å². The van der Waals surface area contributed by atoms with Crippen molar-refractivity contribution in [3.63, 3.8) is 0 Å². The second kappa shape index (κ2) is 10.3. The lowest BCUT2D eigenvalue weighted by Gasteiger charge is -2.24. The van der Waals surface area contributed by atoms with Crippen LogP contribution in [0.3, 0.4) is 0 Å². The molecule has 0 radical (unpaired) electrons. The maximum atomic E-state index is 13.7. The molecule has 38 heavy (non-hydrogen) atoms. The first-order valence-electron chi connectivity index (χ1n) is 11.5. The molecule has 5 rings (SSSR count). The Kier molecular flexibility index (Phi) is 6.88. The summed E-state index contributed by atoms with van der Waals surface area (Å²) in [6.45, 7) is 1.70. The largest absolute Gasteiger partial charge is 0.466 e. The van der Waals surface area contributed by atoms with Gasteiger partial charge >= 0.3 is 11.9 Å². The third-order valence-corrected chi connectivity index (χ3v) is 7.43. The Morgan fingerprint density at radius 1 is 1.03 bits per heavy atom. The number of carbonyl (C=O) groups excluding carboxylic acids is 2. The molecule has 8 nitrogen and oxygen atoms in total. The Bertz CT molecular complexity index is 1780. The third-order valence-electron chi connectivity index (χ3n) is 6.11. The lowest BCUT2D eigenvalue weighted by molar-refractivity contribution is -0.136. The summed E-state index contributed by atoms with van der Waals surface area (Å²) in [7, 11) is 2.57. The van der Waals surface area contributed by atoms with Crippen molar-refractivity contribution in [2.45, 2.75) is 13.0 Å². The molecular formula is C28H21ClN2O6S. The Labute approximate surface area is 225 Å². The number of ether oxygens (including phenoxy) is 2. The first kappa shape index (κ1) is 25.4. The van der Waals surface area contributed by atoms with Gasteiger partial charge in [0.1, 0.15) is 11.5 Å². The molecule has 0 spiro atoms. The monoisotopic (exact) mass is 548 g/mol. The van der Waals surface area contributed by atoms with Gasteiger partial charge in [-0.2, -0.15) is 0 Å². The zero-order chi connectivity index (χ0) is 27.0. The molecule has 2 aromatic carbocycles. The van der Waals surface area contributed by atoms with Crippen LogP contribution >= 0.6 is 22.9 Å². The molecule has 0 saturated carbocycles. The molecule has 0 unspecified atom stereocenters. The van der Waals surface area contributed by atoms with Crippen LogP contribution < -0.4 is 14.9 Å². The van der Waals surface area contributed by atoms with Crippen LogP contribution in [-0.2, 0) is 14.3 Å². The van der Waals surface area contributed by atoms with Gasteiger partial charge in [-0.25, -0.2) is 14.6 Å². The number of rotatable bonds is 5. The van der Waals surface area contributed by atoms with Crippen LogP contribution in [0.1, 0.15) is 34.6 Å². The molecular weight excluding hydrogens is 528 g/mol.